The first-order valence-corrected chi connectivity index (χ1v) is 10.3. The molecule has 2 heterocycles. The van der Waals surface area contributed by atoms with E-state index >= 15 is 0 Å². The number of nitro benzene ring substituents is 1. The highest BCUT2D eigenvalue weighted by molar-refractivity contribution is 6.31. The van der Waals surface area contributed by atoms with Crippen molar-refractivity contribution in [3.8, 4) is 0 Å². The van der Waals surface area contributed by atoms with Gasteiger partial charge in [-0.1, -0.05) is 29.8 Å². The normalized spacial score (nSPS) is 17.3. The van der Waals surface area contributed by atoms with Crippen molar-refractivity contribution in [1.82, 2.24) is 4.90 Å². The zero-order valence-electron chi connectivity index (χ0n) is 16.8. The van der Waals surface area contributed by atoms with Crippen LogP contribution in [0, 0.1) is 10.1 Å². The molecule has 10 heteroatoms. The summed E-state index contributed by atoms with van der Waals surface area (Å²) in [4.78, 5) is 36.9. The van der Waals surface area contributed by atoms with Crippen molar-refractivity contribution in [1.29, 1.82) is 0 Å². The van der Waals surface area contributed by atoms with E-state index in [0.29, 0.717) is 36.2 Å². The van der Waals surface area contributed by atoms with Gasteiger partial charge in [0.1, 0.15) is 5.69 Å². The number of carboxylic acid groups (broad SMARTS) is 2. The molecule has 166 valence electrons. The van der Waals surface area contributed by atoms with Crippen LogP contribution in [-0.2, 0) is 15.0 Å². The predicted octanol–water partition coefficient (Wildman–Crippen LogP) is 1.12. The fourth-order valence-electron chi connectivity index (χ4n) is 4.71. The minimum absolute atomic E-state index is 0.0240. The monoisotopic (exact) mass is 455 g/mol. The second kappa shape index (κ2) is 8.16. The standard InChI is InChI=1S/C22H20ClN3O6/c23-14-5-6-15-18(11-14)25(16-3-1-2-4-17(16)26(31)32)13-22(15)7-9-24(10-8-22)19(21(29)30)12-20(27)28/h1-6,11-12H,7-10,13H2,(H,27,28)(H,29,30)/p-2/b19-12+. The van der Waals surface area contributed by atoms with Crippen LogP contribution in [0.3, 0.4) is 0 Å². The maximum absolute atomic E-state index is 11.6. The highest BCUT2D eigenvalue weighted by atomic mass is 35.5. The fourth-order valence-corrected chi connectivity index (χ4v) is 4.87. The molecule has 0 aliphatic carbocycles. The number of halogens is 1. The number of para-hydroxylation sites is 2. The summed E-state index contributed by atoms with van der Waals surface area (Å²) in [6.07, 6.45) is 1.56. The number of nitrogens with zero attached hydrogens (tertiary/aromatic N) is 3. The first-order valence-electron chi connectivity index (χ1n) is 9.92. The molecule has 32 heavy (non-hydrogen) atoms. The third-order valence-corrected chi connectivity index (χ3v) is 6.41. The topological polar surface area (TPSA) is 130 Å². The van der Waals surface area contributed by atoms with E-state index in [2.05, 4.69) is 0 Å². The lowest BCUT2D eigenvalue weighted by Crippen LogP contribution is -2.47. The number of carboxylic acids is 2. The molecule has 2 aromatic rings. The van der Waals surface area contributed by atoms with Gasteiger partial charge >= 0.3 is 0 Å². The van der Waals surface area contributed by atoms with Crippen LogP contribution >= 0.6 is 11.6 Å². The molecule has 1 spiro atoms. The number of rotatable bonds is 5. The van der Waals surface area contributed by atoms with Gasteiger partial charge in [-0.15, -0.1) is 0 Å². The van der Waals surface area contributed by atoms with Gasteiger partial charge in [0, 0.05) is 41.8 Å². The molecule has 0 saturated carbocycles. The van der Waals surface area contributed by atoms with Crippen molar-refractivity contribution in [2.45, 2.75) is 18.3 Å². The van der Waals surface area contributed by atoms with Gasteiger partial charge in [0.05, 0.1) is 22.6 Å². The van der Waals surface area contributed by atoms with E-state index in [1.807, 2.05) is 11.0 Å². The second-order valence-electron chi connectivity index (χ2n) is 7.90. The van der Waals surface area contributed by atoms with E-state index in [1.54, 1.807) is 30.3 Å². The number of carbonyl (C=O) groups is 2. The number of piperidine rings is 1. The number of hydrogen-bond acceptors (Lipinski definition) is 8. The lowest BCUT2D eigenvalue weighted by atomic mass is 9.74. The summed E-state index contributed by atoms with van der Waals surface area (Å²) in [5, 5.41) is 34.5. The summed E-state index contributed by atoms with van der Waals surface area (Å²) in [6.45, 7) is 1.01. The van der Waals surface area contributed by atoms with E-state index in [9.17, 15) is 29.9 Å². The number of carbonyl (C=O) groups excluding carboxylic acids is 2. The molecule has 0 aromatic heterocycles. The zero-order chi connectivity index (χ0) is 23.0. The van der Waals surface area contributed by atoms with Gasteiger partial charge in [-0.2, -0.15) is 0 Å². The number of benzene rings is 2. The Labute approximate surface area is 188 Å². The maximum atomic E-state index is 11.6. The van der Waals surface area contributed by atoms with Gasteiger partial charge < -0.3 is 29.6 Å². The van der Waals surface area contributed by atoms with Crippen LogP contribution in [0.4, 0.5) is 17.1 Å². The van der Waals surface area contributed by atoms with Gasteiger partial charge in [-0.3, -0.25) is 10.1 Å². The molecular weight excluding hydrogens is 438 g/mol. The quantitative estimate of drug-likeness (QED) is 0.372. The van der Waals surface area contributed by atoms with E-state index in [0.717, 1.165) is 11.3 Å². The molecule has 1 saturated heterocycles. The Hall–Kier alpha value is -3.59. The number of aliphatic carboxylic acids is 2. The highest BCUT2D eigenvalue weighted by Gasteiger charge is 2.46. The van der Waals surface area contributed by atoms with Crippen molar-refractivity contribution in [3.63, 3.8) is 0 Å². The van der Waals surface area contributed by atoms with Crippen LogP contribution in [0.1, 0.15) is 18.4 Å². The molecule has 0 amide bonds. The lowest BCUT2D eigenvalue weighted by molar-refractivity contribution is -0.384. The van der Waals surface area contributed by atoms with Crippen molar-refractivity contribution in [3.05, 3.63) is 74.9 Å². The zero-order valence-corrected chi connectivity index (χ0v) is 17.6. The van der Waals surface area contributed by atoms with Crippen LogP contribution in [0.15, 0.2) is 54.2 Å². The summed E-state index contributed by atoms with van der Waals surface area (Å²) in [6, 6.07) is 11.9. The summed E-state index contributed by atoms with van der Waals surface area (Å²) < 4.78 is 0. The van der Waals surface area contributed by atoms with Crippen LogP contribution in [0.25, 0.3) is 0 Å². The van der Waals surface area contributed by atoms with Crippen molar-refractivity contribution >= 4 is 40.6 Å². The molecule has 2 aliphatic rings. The molecule has 0 radical (unpaired) electrons. The number of anilines is 2. The van der Waals surface area contributed by atoms with Crippen molar-refractivity contribution < 1.29 is 24.7 Å². The summed E-state index contributed by atoms with van der Waals surface area (Å²) in [5.74, 6) is -3.18. The molecular formula is C22H18ClN3O6-2. The molecule has 0 atom stereocenters. The Morgan fingerprint density at radius 2 is 1.75 bits per heavy atom. The molecule has 0 bridgehead atoms. The van der Waals surface area contributed by atoms with E-state index in [1.165, 1.54) is 11.0 Å². The molecule has 2 aromatic carbocycles. The van der Waals surface area contributed by atoms with Crippen molar-refractivity contribution in [2.24, 2.45) is 0 Å². The highest BCUT2D eigenvalue weighted by Crippen LogP contribution is 2.51. The molecule has 9 nitrogen and oxygen atoms in total. The fraction of sp³-hybridized carbons (Fsp3) is 0.273. The Morgan fingerprint density at radius 1 is 1.06 bits per heavy atom. The average Bonchev–Trinajstić information content (AvgIpc) is 3.05. The molecule has 2 aliphatic heterocycles. The minimum Gasteiger partial charge on any atom is -0.545 e. The van der Waals surface area contributed by atoms with Crippen LogP contribution in [0.5, 0.6) is 0 Å². The van der Waals surface area contributed by atoms with Crippen LogP contribution < -0.4 is 15.1 Å². The Kier molecular flexibility index (Phi) is 5.52. The molecule has 4 rings (SSSR count). The molecule has 1 fully saturated rings. The average molecular weight is 456 g/mol. The first kappa shape index (κ1) is 21.6. The summed E-state index contributed by atoms with van der Waals surface area (Å²) in [7, 11) is 0. The van der Waals surface area contributed by atoms with Gasteiger partial charge in [0.15, 0.2) is 0 Å². The predicted molar refractivity (Wildman–Crippen MR) is 112 cm³/mol. The number of likely N-dealkylation sites (tertiary alicyclic amines) is 1. The third-order valence-electron chi connectivity index (χ3n) is 6.18. The van der Waals surface area contributed by atoms with Crippen molar-refractivity contribution in [2.75, 3.05) is 24.5 Å². The smallest absolute Gasteiger partial charge is 0.292 e. The largest absolute Gasteiger partial charge is 0.545 e. The SMILES string of the molecule is O=C([O-])/C=C(\C(=O)[O-])N1CCC2(CC1)CN(c1ccccc1[N+](=O)[O-])c1cc(Cl)ccc12. The second-order valence-corrected chi connectivity index (χ2v) is 8.33. The van der Waals surface area contributed by atoms with E-state index < -0.39 is 28.0 Å². The first-order chi connectivity index (χ1) is 15.2. The lowest BCUT2D eigenvalue weighted by Gasteiger charge is -2.42. The van der Waals surface area contributed by atoms with Crippen LogP contribution in [-0.4, -0.2) is 41.4 Å². The maximum Gasteiger partial charge on any atom is 0.292 e. The molecule has 0 N–H and O–H groups in total. The van der Waals surface area contributed by atoms with Gasteiger partial charge in [0.2, 0.25) is 0 Å². The Balaban J connectivity index is 1.70. The molecule has 0 unspecified atom stereocenters. The summed E-state index contributed by atoms with van der Waals surface area (Å²) in [5.41, 5.74) is 1.34. The number of fused-ring (bicyclic) bond motifs is 2. The van der Waals surface area contributed by atoms with Gasteiger partial charge in [-0.05, 0) is 42.7 Å². The Bertz CT molecular complexity index is 1140. The number of hydrogen-bond donors (Lipinski definition) is 0. The van der Waals surface area contributed by atoms with Gasteiger partial charge in [0.25, 0.3) is 5.69 Å². The van der Waals surface area contributed by atoms with Crippen LogP contribution in [0.2, 0.25) is 5.02 Å². The van der Waals surface area contributed by atoms with E-state index in [-0.39, 0.29) is 18.8 Å². The summed E-state index contributed by atoms with van der Waals surface area (Å²) >= 11 is 6.24. The Morgan fingerprint density at radius 3 is 2.38 bits per heavy atom. The third kappa shape index (κ3) is 3.75. The minimum atomic E-state index is -1.60. The van der Waals surface area contributed by atoms with Gasteiger partial charge in [-0.25, -0.2) is 0 Å². The van der Waals surface area contributed by atoms with E-state index in [4.69, 9.17) is 11.6 Å². The number of nitro groups is 1.